The smallest absolute Gasteiger partial charge is 0.309 e. The van der Waals surface area contributed by atoms with Crippen molar-refractivity contribution in [3.8, 4) is 6.07 Å². The average Bonchev–Trinajstić information content (AvgIpc) is 1.38. The van der Waals surface area contributed by atoms with Crippen LogP contribution in [0.15, 0.2) is 0 Å². The van der Waals surface area contributed by atoms with Gasteiger partial charge >= 0.3 is 18.9 Å². The van der Waals surface area contributed by atoms with Gasteiger partial charge in [-0.15, -0.1) is 0 Å². The Hall–Kier alpha value is 0.247. The van der Waals surface area contributed by atoms with E-state index in [-0.39, 0.29) is 24.2 Å². The molecule has 0 bridgehead atoms. The second-order valence-electron chi connectivity index (χ2n) is 0.645. The van der Waals surface area contributed by atoms with Crippen molar-refractivity contribution < 1.29 is 18.9 Å². The summed E-state index contributed by atoms with van der Waals surface area (Å²) in [5.74, 6) is 0. The summed E-state index contributed by atoms with van der Waals surface area (Å²) in [5, 5.41) is 8.01. The molecule has 0 rings (SSSR count). The molecule has 0 N–H and O–H groups in total. The minimum atomic E-state index is 0. The van der Waals surface area contributed by atoms with Gasteiger partial charge in [-0.05, 0) is 0 Å². The van der Waals surface area contributed by atoms with Gasteiger partial charge in [0.2, 0.25) is 0 Å². The minimum Gasteiger partial charge on any atom is -0.309 e. The topological polar surface area (TPSA) is 23.8 Å². The fourth-order valence-corrected chi connectivity index (χ4v) is 0. The molecule has 0 atom stereocenters. The molecular weight excluding hydrogens is 92.4 g/mol. The van der Waals surface area contributed by atoms with Gasteiger partial charge in [-0.3, -0.25) is 0 Å². The van der Waals surface area contributed by atoms with Crippen LogP contribution in [0, 0.1) is 16.7 Å². The Balaban J connectivity index is 0. The Morgan fingerprint density at radius 1 is 1.83 bits per heavy atom. The SMILES string of the molecule is C[C-](Cl)C#N.[Li+]. The molecule has 3 heteroatoms. The molecule has 0 aromatic rings. The molecule has 0 spiro atoms. The second-order valence-corrected chi connectivity index (χ2v) is 1.21. The van der Waals surface area contributed by atoms with E-state index < -0.39 is 0 Å². The summed E-state index contributed by atoms with van der Waals surface area (Å²) in [7, 11) is 0. The molecule has 0 radical (unpaired) electrons. The predicted molar refractivity (Wildman–Crippen MR) is 20.4 cm³/mol. The molecule has 0 aromatic heterocycles. The summed E-state index contributed by atoms with van der Waals surface area (Å²) >= 11 is 5.02. The van der Waals surface area contributed by atoms with E-state index in [1.54, 1.807) is 13.0 Å². The largest absolute Gasteiger partial charge is 1.00 e. The maximum Gasteiger partial charge on any atom is 1.00 e. The first-order chi connectivity index (χ1) is 2.27. The number of hydrogen-bond donors (Lipinski definition) is 0. The van der Waals surface area contributed by atoms with E-state index in [4.69, 9.17) is 16.9 Å². The summed E-state index contributed by atoms with van der Waals surface area (Å²) < 4.78 is 0. The van der Waals surface area contributed by atoms with Crippen molar-refractivity contribution >= 4 is 11.6 Å². The molecule has 1 nitrogen and oxygen atoms in total. The summed E-state index contributed by atoms with van der Waals surface area (Å²) in [4.78, 5) is 0. The van der Waals surface area contributed by atoms with Gasteiger partial charge in [0.05, 0.1) is 0 Å². The van der Waals surface area contributed by atoms with E-state index in [1.807, 2.05) is 0 Å². The molecule has 28 valence electrons. The quantitative estimate of drug-likeness (QED) is 0.260. The van der Waals surface area contributed by atoms with Gasteiger partial charge in [-0.2, -0.15) is 12.3 Å². The number of nitriles is 1. The molecule has 0 aliphatic rings. The molecule has 0 aliphatic heterocycles. The van der Waals surface area contributed by atoms with Crippen molar-refractivity contribution in [3.05, 3.63) is 5.38 Å². The zero-order valence-corrected chi connectivity index (χ0v) is 4.58. The summed E-state index contributed by atoms with van der Waals surface area (Å²) in [5.41, 5.74) is 0. The normalized spacial score (nSPS) is 4.83. The summed E-state index contributed by atoms with van der Waals surface area (Å²) in [6, 6.07) is 1.71. The Labute approximate surface area is 54.5 Å². The number of rotatable bonds is 0. The molecule has 0 saturated carbocycles. The van der Waals surface area contributed by atoms with Crippen molar-refractivity contribution in [2.24, 2.45) is 0 Å². The van der Waals surface area contributed by atoms with E-state index >= 15 is 0 Å². The van der Waals surface area contributed by atoms with Crippen LogP contribution in [-0.4, -0.2) is 0 Å². The maximum absolute atomic E-state index is 7.72. The fraction of sp³-hybridized carbons (Fsp3) is 0.333. The van der Waals surface area contributed by atoms with Crippen LogP contribution in [-0.2, 0) is 0 Å². The average molecular weight is 95.5 g/mol. The molecule has 0 aromatic carbocycles. The number of halogens is 1. The molecule has 0 heterocycles. The second kappa shape index (κ2) is 5.25. The van der Waals surface area contributed by atoms with Gasteiger partial charge in [-0.25, -0.2) is 5.26 Å². The van der Waals surface area contributed by atoms with Crippen molar-refractivity contribution in [3.63, 3.8) is 0 Å². The molecule has 0 fully saturated rings. The standard InChI is InChI=1S/C3H3ClN.Li/c1-3(4)2-5;/h1H3;/q-1;+1. The van der Waals surface area contributed by atoms with E-state index in [2.05, 4.69) is 0 Å². The zero-order chi connectivity index (χ0) is 4.28. The van der Waals surface area contributed by atoms with E-state index in [0.717, 1.165) is 0 Å². The van der Waals surface area contributed by atoms with Crippen LogP contribution in [0.1, 0.15) is 6.92 Å². The number of nitrogens with zero attached hydrogens (tertiary/aromatic N) is 1. The van der Waals surface area contributed by atoms with Gasteiger partial charge in [0.15, 0.2) is 0 Å². The van der Waals surface area contributed by atoms with Crippen LogP contribution in [0.25, 0.3) is 0 Å². The van der Waals surface area contributed by atoms with Gasteiger partial charge in [0, 0.05) is 0 Å². The Morgan fingerprint density at radius 2 is 2.00 bits per heavy atom. The Bertz CT molecular complexity index is 56.3. The van der Waals surface area contributed by atoms with Crippen molar-refractivity contribution in [1.29, 1.82) is 5.26 Å². The first-order valence-corrected chi connectivity index (χ1v) is 1.54. The van der Waals surface area contributed by atoms with Crippen LogP contribution in [0.2, 0.25) is 0 Å². The van der Waals surface area contributed by atoms with Gasteiger partial charge in [-0.1, -0.05) is 6.07 Å². The van der Waals surface area contributed by atoms with Crippen LogP contribution in [0.5, 0.6) is 0 Å². The molecule has 0 unspecified atom stereocenters. The first kappa shape index (κ1) is 9.54. The Morgan fingerprint density at radius 3 is 2.00 bits per heavy atom. The van der Waals surface area contributed by atoms with E-state index in [1.165, 1.54) is 0 Å². The monoisotopic (exact) mass is 95.0 g/mol. The van der Waals surface area contributed by atoms with Gasteiger partial charge in [0.1, 0.15) is 0 Å². The first-order valence-electron chi connectivity index (χ1n) is 1.16. The zero-order valence-electron chi connectivity index (χ0n) is 3.83. The van der Waals surface area contributed by atoms with Gasteiger partial charge < -0.3 is 11.6 Å². The third-order valence-electron chi connectivity index (χ3n) is 0.154. The molecule has 6 heavy (non-hydrogen) atoms. The molecular formula is C3H3ClLiN. The summed E-state index contributed by atoms with van der Waals surface area (Å²) in [6.45, 7) is 1.54. The van der Waals surface area contributed by atoms with Crippen LogP contribution >= 0.6 is 11.6 Å². The van der Waals surface area contributed by atoms with Gasteiger partial charge in [0.25, 0.3) is 0 Å². The number of hydrogen-bond acceptors (Lipinski definition) is 1. The maximum atomic E-state index is 7.72. The van der Waals surface area contributed by atoms with E-state index in [0.29, 0.717) is 0 Å². The predicted octanol–water partition coefficient (Wildman–Crippen LogP) is -1.70. The molecule has 0 saturated heterocycles. The van der Waals surface area contributed by atoms with Crippen molar-refractivity contribution in [2.75, 3.05) is 0 Å². The van der Waals surface area contributed by atoms with Crippen LogP contribution < -0.4 is 18.9 Å². The molecule has 0 amide bonds. The minimum absolute atomic E-state index is 0. The van der Waals surface area contributed by atoms with Crippen molar-refractivity contribution in [1.82, 2.24) is 0 Å². The van der Waals surface area contributed by atoms with E-state index in [9.17, 15) is 0 Å². The van der Waals surface area contributed by atoms with Crippen LogP contribution in [0.3, 0.4) is 0 Å². The Kier molecular flexibility index (Phi) is 8.34. The summed E-state index contributed by atoms with van der Waals surface area (Å²) in [6.07, 6.45) is 0. The molecule has 0 aliphatic carbocycles. The van der Waals surface area contributed by atoms with Crippen LogP contribution in [0.4, 0.5) is 0 Å². The third kappa shape index (κ3) is 8.87. The fourth-order valence-electron chi connectivity index (χ4n) is 0. The third-order valence-corrected chi connectivity index (χ3v) is 0.239. The van der Waals surface area contributed by atoms with Crippen molar-refractivity contribution in [2.45, 2.75) is 6.92 Å².